The fourth-order valence-electron chi connectivity index (χ4n) is 9.07. The second kappa shape index (κ2) is 21.6. The maximum atomic E-state index is 15.6. The molecule has 0 unspecified atom stereocenters. The number of β-amino-alcohol motifs (C(OH)–C–C–N with tert-alkyl or cyclic N) is 1. The van der Waals surface area contributed by atoms with Gasteiger partial charge in [0.2, 0.25) is 11.8 Å². The molecule has 7 rings (SSSR count). The summed E-state index contributed by atoms with van der Waals surface area (Å²) in [5.41, 5.74) is 4.97. The van der Waals surface area contributed by atoms with E-state index in [0.29, 0.717) is 56.8 Å². The first-order chi connectivity index (χ1) is 32.3. The summed E-state index contributed by atoms with van der Waals surface area (Å²) in [5, 5.41) is 13.6. The molecule has 0 spiro atoms. The Balaban J connectivity index is 0.873. The van der Waals surface area contributed by atoms with Gasteiger partial charge in [0.15, 0.2) is 21.4 Å². The van der Waals surface area contributed by atoms with E-state index >= 15 is 8.78 Å². The third-order valence-corrected chi connectivity index (χ3v) is 15.7. The number of benzene rings is 2. The van der Waals surface area contributed by atoms with E-state index < -0.39 is 62.0 Å². The highest BCUT2D eigenvalue weighted by Gasteiger charge is 2.44. The number of carbonyl (C=O) groups excluding carboxylic acids is 4. The van der Waals surface area contributed by atoms with Gasteiger partial charge in [-0.2, -0.15) is 0 Å². The Kier molecular flexibility index (Phi) is 16.1. The fourth-order valence-corrected chi connectivity index (χ4v) is 11.3. The molecule has 3 atom stereocenters. The first-order valence-corrected chi connectivity index (χ1v) is 25.8. The van der Waals surface area contributed by atoms with Gasteiger partial charge in [-0.25, -0.2) is 22.2 Å². The number of rotatable bonds is 19. The number of nitrogens with one attached hydrogen (secondary N) is 1. The van der Waals surface area contributed by atoms with E-state index in [0.717, 1.165) is 39.5 Å². The van der Waals surface area contributed by atoms with E-state index in [1.165, 1.54) is 4.90 Å². The number of carbonyl (C=O) groups is 4. The molecule has 2 aromatic heterocycles. The lowest BCUT2D eigenvalue weighted by Gasteiger charge is -2.36. The lowest BCUT2D eigenvalue weighted by atomic mass is 9.77. The summed E-state index contributed by atoms with van der Waals surface area (Å²) < 4.78 is 61.3. The number of thiazole rings is 1. The standard InChI is InChI=1S/C50H60F2N6O8S2/c1-6-21-68(64,65)29-34-11-13-41(51)44(45(34)52)46(61)38-12-14-42-39(38)22-35(26-53-42)57-17-15-56(16-18-57)19-20-66-28-37(60)23-40(50(3,4)5)49(63)58-27-36(59)24-43(58)48(62)54-25-32-7-9-33(10-8-32)47-31(2)55-30-67-47/h7-13,22,26,30,36,40,43,59H,6,14-21,23-25,27-29H2,1-5H3,(H,54,62)/t36-,40-,43+/m1/s1. The number of amides is 2. The Labute approximate surface area is 400 Å². The number of hydrogen-bond acceptors (Lipinski definition) is 13. The Morgan fingerprint density at radius 2 is 1.76 bits per heavy atom. The quantitative estimate of drug-likeness (QED) is 0.0832. The molecule has 2 saturated heterocycles. The third kappa shape index (κ3) is 11.9. The van der Waals surface area contributed by atoms with Crippen molar-refractivity contribution in [2.24, 2.45) is 11.3 Å². The number of likely N-dealkylation sites (tertiary alicyclic amines) is 1. The number of anilines is 1. The number of ether oxygens (including phenoxy) is 1. The van der Waals surface area contributed by atoms with Crippen molar-refractivity contribution in [3.05, 3.63) is 106 Å². The maximum absolute atomic E-state index is 15.6. The van der Waals surface area contributed by atoms with Gasteiger partial charge in [0, 0.05) is 87.7 Å². The Hall–Kier alpha value is -5.27. The van der Waals surface area contributed by atoms with Gasteiger partial charge in [-0.1, -0.05) is 64.1 Å². The molecule has 18 heteroatoms. The van der Waals surface area contributed by atoms with Crippen molar-refractivity contribution in [3.63, 3.8) is 0 Å². The number of piperazine rings is 1. The minimum absolute atomic E-state index is 0.000906. The number of halogens is 2. The van der Waals surface area contributed by atoms with E-state index in [1.807, 2.05) is 52.0 Å². The van der Waals surface area contributed by atoms with Gasteiger partial charge in [0.25, 0.3) is 0 Å². The van der Waals surface area contributed by atoms with Crippen molar-refractivity contribution in [1.29, 1.82) is 0 Å². The van der Waals surface area contributed by atoms with Crippen molar-refractivity contribution >= 4 is 55.8 Å². The molecule has 3 aliphatic rings. The summed E-state index contributed by atoms with van der Waals surface area (Å²) >= 11 is 1.56. The molecule has 2 aromatic carbocycles. The molecule has 2 fully saturated rings. The first kappa shape index (κ1) is 50.6. The molecular formula is C50H60F2N6O8S2. The molecule has 2 N–H and O–H groups in total. The molecule has 14 nitrogen and oxygen atoms in total. The predicted octanol–water partition coefficient (Wildman–Crippen LogP) is 5.98. The number of fused-ring (bicyclic) bond motifs is 1. The van der Waals surface area contributed by atoms with Crippen molar-refractivity contribution in [3.8, 4) is 10.4 Å². The zero-order valence-corrected chi connectivity index (χ0v) is 40.9. The number of allylic oxidation sites excluding steroid dienone is 2. The van der Waals surface area contributed by atoms with Crippen LogP contribution in [0.5, 0.6) is 0 Å². The summed E-state index contributed by atoms with van der Waals surface area (Å²) in [4.78, 5) is 70.3. The van der Waals surface area contributed by atoms with Crippen LogP contribution in [-0.2, 0) is 47.7 Å². The summed E-state index contributed by atoms with van der Waals surface area (Å²) in [6.45, 7) is 12.8. The van der Waals surface area contributed by atoms with Crippen LogP contribution in [0.2, 0.25) is 0 Å². The van der Waals surface area contributed by atoms with E-state index in [1.54, 1.807) is 42.1 Å². The van der Waals surface area contributed by atoms with Gasteiger partial charge < -0.3 is 25.0 Å². The average Bonchev–Trinajstić information content (AvgIpc) is 4.04. The lowest BCUT2D eigenvalue weighted by Crippen LogP contribution is -2.50. The zero-order chi connectivity index (χ0) is 48.9. The third-order valence-electron chi connectivity index (χ3n) is 12.9. The minimum atomic E-state index is -3.65. The number of aliphatic hydroxyl groups excluding tert-OH is 1. The smallest absolute Gasteiger partial charge is 0.243 e. The van der Waals surface area contributed by atoms with E-state index in [-0.39, 0.29) is 73.6 Å². The largest absolute Gasteiger partial charge is 0.391 e. The molecule has 4 aromatic rings. The second-order valence-electron chi connectivity index (χ2n) is 18.9. The molecule has 364 valence electrons. The van der Waals surface area contributed by atoms with Gasteiger partial charge in [-0.15, -0.1) is 11.3 Å². The average molecular weight is 975 g/mol. The van der Waals surface area contributed by atoms with Crippen LogP contribution < -0.4 is 10.2 Å². The summed E-state index contributed by atoms with van der Waals surface area (Å²) in [6, 6.07) is 10.8. The summed E-state index contributed by atoms with van der Waals surface area (Å²) in [5.74, 6) is -5.60. The topological polar surface area (TPSA) is 179 Å². The van der Waals surface area contributed by atoms with Crippen LogP contribution in [0.4, 0.5) is 14.5 Å². The molecular weight excluding hydrogens is 915 g/mol. The van der Waals surface area contributed by atoms with Crippen LogP contribution in [0.25, 0.3) is 16.0 Å². The van der Waals surface area contributed by atoms with Crippen LogP contribution in [0.3, 0.4) is 0 Å². The van der Waals surface area contributed by atoms with Gasteiger partial charge >= 0.3 is 0 Å². The van der Waals surface area contributed by atoms with Crippen LogP contribution in [0, 0.1) is 29.9 Å². The summed E-state index contributed by atoms with van der Waals surface area (Å²) in [7, 11) is -3.65. The number of aliphatic hydroxyl groups is 1. The lowest BCUT2D eigenvalue weighted by molar-refractivity contribution is -0.146. The highest BCUT2D eigenvalue weighted by Crippen LogP contribution is 2.36. The summed E-state index contributed by atoms with van der Waals surface area (Å²) in [6.07, 6.45) is 3.12. The molecule has 2 amide bonds. The fraction of sp³-hybridized carbons (Fsp3) is 0.480. The molecule has 0 saturated carbocycles. The van der Waals surface area contributed by atoms with E-state index in [4.69, 9.17) is 4.74 Å². The SMILES string of the molecule is CCCS(=O)(=O)Cc1ccc(F)c(C(=O)C2=CCc3ncc(N4CCN(CCOCC(=O)C[C@H](C(=O)N5C[C@H](O)C[C@H]5C(=O)NCc5ccc(-c6scnc6C)cc5)C(C)(C)C)CC4)cc32)c1F. The van der Waals surface area contributed by atoms with Crippen molar-refractivity contribution < 1.29 is 46.2 Å². The molecule has 2 aliphatic heterocycles. The highest BCUT2D eigenvalue weighted by atomic mass is 32.2. The van der Waals surface area contributed by atoms with E-state index in [9.17, 15) is 32.7 Å². The van der Waals surface area contributed by atoms with Crippen molar-refractivity contribution in [1.82, 2.24) is 25.1 Å². The molecule has 0 radical (unpaired) electrons. The Morgan fingerprint density at radius 3 is 2.44 bits per heavy atom. The first-order valence-electron chi connectivity index (χ1n) is 23.1. The van der Waals surface area contributed by atoms with Crippen LogP contribution in [0.15, 0.2) is 60.2 Å². The monoisotopic (exact) mass is 974 g/mol. The van der Waals surface area contributed by atoms with Gasteiger partial charge in [-0.05, 0) is 42.0 Å². The number of aromatic nitrogens is 2. The number of pyridine rings is 1. The highest BCUT2D eigenvalue weighted by molar-refractivity contribution is 7.90. The van der Waals surface area contributed by atoms with Gasteiger partial charge in [0.1, 0.15) is 24.3 Å². The van der Waals surface area contributed by atoms with Gasteiger partial charge in [0.05, 0.1) is 63.4 Å². The Bertz CT molecular complexity index is 2660. The van der Waals surface area contributed by atoms with Crippen molar-refractivity contribution in [2.75, 3.05) is 63.1 Å². The van der Waals surface area contributed by atoms with E-state index in [2.05, 4.69) is 25.1 Å². The number of ketones is 2. The van der Waals surface area contributed by atoms with Crippen LogP contribution >= 0.6 is 11.3 Å². The minimum Gasteiger partial charge on any atom is -0.391 e. The zero-order valence-electron chi connectivity index (χ0n) is 39.2. The van der Waals surface area contributed by atoms with Crippen LogP contribution in [0.1, 0.15) is 85.4 Å². The number of Topliss-reactive ketones (excluding diaryl/α,β-unsaturated/α-hetero) is 2. The number of hydrogen-bond donors (Lipinski definition) is 2. The maximum Gasteiger partial charge on any atom is 0.243 e. The molecule has 1 aliphatic carbocycles. The second-order valence-corrected chi connectivity index (χ2v) is 22.0. The normalized spacial score (nSPS) is 18.1. The molecule has 68 heavy (non-hydrogen) atoms. The number of sulfone groups is 1. The number of nitrogens with zero attached hydrogens (tertiary/aromatic N) is 5. The van der Waals surface area contributed by atoms with Gasteiger partial charge in [-0.3, -0.25) is 29.1 Å². The number of aryl methyl sites for hydroxylation is 1. The predicted molar refractivity (Wildman–Crippen MR) is 257 cm³/mol. The van der Waals surface area contributed by atoms with Crippen molar-refractivity contribution in [2.45, 2.75) is 84.7 Å². The molecule has 4 heterocycles. The van der Waals surface area contributed by atoms with Crippen LogP contribution in [-0.4, -0.2) is 127 Å². The Morgan fingerprint density at radius 1 is 1.03 bits per heavy atom. The molecule has 0 bridgehead atoms.